The van der Waals surface area contributed by atoms with Crippen molar-refractivity contribution in [2.75, 3.05) is 5.32 Å². The Balaban J connectivity index is 1.65. The zero-order valence-electron chi connectivity index (χ0n) is 12.2. The molecular formula is C16H11Cl2N5O. The first kappa shape index (κ1) is 16.2. The molecule has 0 radical (unpaired) electrons. The molecule has 8 heteroatoms. The SMILES string of the molecule is O=C(/C=C/c1ccc(Cl)cc1Cl)Nc1ccc(-n2cnnn2)cc1. The van der Waals surface area contributed by atoms with Gasteiger partial charge in [0.15, 0.2) is 0 Å². The van der Waals surface area contributed by atoms with Crippen molar-refractivity contribution in [2.24, 2.45) is 0 Å². The monoisotopic (exact) mass is 359 g/mol. The van der Waals surface area contributed by atoms with E-state index >= 15 is 0 Å². The summed E-state index contributed by atoms with van der Waals surface area (Å²) in [7, 11) is 0. The molecule has 3 rings (SSSR count). The summed E-state index contributed by atoms with van der Waals surface area (Å²) in [4.78, 5) is 12.0. The Morgan fingerprint density at radius 3 is 2.58 bits per heavy atom. The van der Waals surface area contributed by atoms with Gasteiger partial charge in [0.1, 0.15) is 6.33 Å². The van der Waals surface area contributed by atoms with Gasteiger partial charge in [-0.2, -0.15) is 0 Å². The summed E-state index contributed by atoms with van der Waals surface area (Å²) >= 11 is 11.9. The minimum Gasteiger partial charge on any atom is -0.323 e. The summed E-state index contributed by atoms with van der Waals surface area (Å²) in [6, 6.07) is 12.2. The maximum atomic E-state index is 12.0. The van der Waals surface area contributed by atoms with Gasteiger partial charge in [0.05, 0.1) is 5.69 Å². The number of nitrogens with one attached hydrogen (secondary N) is 1. The van der Waals surface area contributed by atoms with Gasteiger partial charge in [-0.15, -0.1) is 5.10 Å². The number of benzene rings is 2. The zero-order valence-corrected chi connectivity index (χ0v) is 13.7. The molecule has 6 nitrogen and oxygen atoms in total. The normalized spacial score (nSPS) is 10.9. The second-order valence-corrected chi connectivity index (χ2v) is 5.63. The summed E-state index contributed by atoms with van der Waals surface area (Å²) in [6.07, 6.45) is 4.53. The van der Waals surface area contributed by atoms with Crippen molar-refractivity contribution in [2.45, 2.75) is 0 Å². The first-order valence-corrected chi connectivity index (χ1v) is 7.65. The Morgan fingerprint density at radius 1 is 1.12 bits per heavy atom. The molecule has 0 atom stereocenters. The molecule has 3 aromatic rings. The molecular weight excluding hydrogens is 349 g/mol. The third-order valence-electron chi connectivity index (χ3n) is 3.13. The van der Waals surface area contributed by atoms with Gasteiger partial charge in [-0.1, -0.05) is 29.3 Å². The number of carbonyl (C=O) groups excluding carboxylic acids is 1. The van der Waals surface area contributed by atoms with Gasteiger partial charge in [0.2, 0.25) is 5.91 Å². The molecule has 1 amide bonds. The van der Waals surface area contributed by atoms with Crippen molar-refractivity contribution < 1.29 is 4.79 Å². The van der Waals surface area contributed by atoms with Gasteiger partial charge >= 0.3 is 0 Å². The van der Waals surface area contributed by atoms with Gasteiger partial charge < -0.3 is 5.32 Å². The third-order valence-corrected chi connectivity index (χ3v) is 3.69. The van der Waals surface area contributed by atoms with E-state index in [0.717, 1.165) is 5.69 Å². The largest absolute Gasteiger partial charge is 0.323 e. The van der Waals surface area contributed by atoms with Crippen LogP contribution in [0.3, 0.4) is 0 Å². The first-order valence-electron chi connectivity index (χ1n) is 6.89. The van der Waals surface area contributed by atoms with Crippen LogP contribution in [-0.4, -0.2) is 26.1 Å². The summed E-state index contributed by atoms with van der Waals surface area (Å²) < 4.78 is 1.52. The van der Waals surface area contributed by atoms with Crippen molar-refractivity contribution in [3.05, 3.63) is 70.5 Å². The van der Waals surface area contributed by atoms with Crippen molar-refractivity contribution in [3.8, 4) is 5.69 Å². The summed E-state index contributed by atoms with van der Waals surface area (Å²) in [5.41, 5.74) is 2.16. The number of hydrogen-bond acceptors (Lipinski definition) is 4. The number of halogens is 2. The molecule has 0 aliphatic heterocycles. The standard InChI is InChI=1S/C16H11Cl2N5O/c17-12-3-1-11(15(18)9-12)2-8-16(24)20-13-4-6-14(7-5-13)23-10-19-21-22-23/h1-10H,(H,20,24)/b8-2+. The lowest BCUT2D eigenvalue weighted by molar-refractivity contribution is -0.111. The highest BCUT2D eigenvalue weighted by molar-refractivity contribution is 6.35. The van der Waals surface area contributed by atoms with Crippen LogP contribution in [0, 0.1) is 0 Å². The van der Waals surface area contributed by atoms with E-state index in [0.29, 0.717) is 21.3 Å². The van der Waals surface area contributed by atoms with Gasteiger partial charge in [-0.25, -0.2) is 4.68 Å². The third kappa shape index (κ3) is 3.98. The highest BCUT2D eigenvalue weighted by Gasteiger charge is 2.02. The van der Waals surface area contributed by atoms with E-state index in [-0.39, 0.29) is 5.91 Å². The maximum absolute atomic E-state index is 12.0. The molecule has 0 saturated carbocycles. The van der Waals surface area contributed by atoms with Crippen LogP contribution in [0.15, 0.2) is 54.9 Å². The number of rotatable bonds is 4. The lowest BCUT2D eigenvalue weighted by Gasteiger charge is -2.04. The Morgan fingerprint density at radius 2 is 1.92 bits per heavy atom. The quantitative estimate of drug-likeness (QED) is 0.722. The first-order chi connectivity index (χ1) is 11.6. The number of carbonyl (C=O) groups is 1. The van der Waals surface area contributed by atoms with Crippen LogP contribution in [0.2, 0.25) is 10.0 Å². The van der Waals surface area contributed by atoms with Gasteiger partial charge in [-0.3, -0.25) is 4.79 Å². The van der Waals surface area contributed by atoms with Crippen LogP contribution >= 0.6 is 23.2 Å². The molecule has 0 aliphatic carbocycles. The predicted molar refractivity (Wildman–Crippen MR) is 93.3 cm³/mol. The lowest BCUT2D eigenvalue weighted by atomic mass is 10.2. The van der Waals surface area contributed by atoms with Gasteiger partial charge in [0, 0.05) is 21.8 Å². The van der Waals surface area contributed by atoms with Gasteiger partial charge in [-0.05, 0) is 58.5 Å². The maximum Gasteiger partial charge on any atom is 0.248 e. The fourth-order valence-electron chi connectivity index (χ4n) is 1.96. The number of tetrazole rings is 1. The average molecular weight is 360 g/mol. The molecule has 0 bridgehead atoms. The Bertz CT molecular complexity index is 876. The molecule has 0 unspecified atom stereocenters. The Hall–Kier alpha value is -2.70. The van der Waals surface area contributed by atoms with E-state index in [1.807, 2.05) is 0 Å². The molecule has 0 aliphatic rings. The van der Waals surface area contributed by atoms with Crippen molar-refractivity contribution >= 4 is 40.9 Å². The smallest absolute Gasteiger partial charge is 0.248 e. The minimum absolute atomic E-state index is 0.267. The van der Waals surface area contributed by atoms with Crippen LogP contribution in [0.1, 0.15) is 5.56 Å². The fraction of sp³-hybridized carbons (Fsp3) is 0. The van der Waals surface area contributed by atoms with Crippen LogP contribution in [0.25, 0.3) is 11.8 Å². The van der Waals surface area contributed by atoms with Crippen LogP contribution in [0.5, 0.6) is 0 Å². The fourth-order valence-corrected chi connectivity index (χ4v) is 2.43. The van der Waals surface area contributed by atoms with Gasteiger partial charge in [0.25, 0.3) is 0 Å². The molecule has 24 heavy (non-hydrogen) atoms. The number of anilines is 1. The summed E-state index contributed by atoms with van der Waals surface area (Å²) in [5, 5.41) is 14.7. The molecule has 0 fully saturated rings. The minimum atomic E-state index is -0.267. The van der Waals surface area contributed by atoms with Crippen LogP contribution in [0.4, 0.5) is 5.69 Å². The Labute approximate surface area is 147 Å². The van der Waals surface area contributed by atoms with Crippen LogP contribution in [-0.2, 0) is 4.79 Å². The Kier molecular flexibility index (Phi) is 4.88. The molecule has 1 aromatic heterocycles. The second kappa shape index (κ2) is 7.25. The molecule has 2 aromatic carbocycles. The molecule has 0 spiro atoms. The number of nitrogens with zero attached hydrogens (tertiary/aromatic N) is 4. The van der Waals surface area contributed by atoms with E-state index in [1.165, 1.54) is 17.1 Å². The predicted octanol–water partition coefficient (Wildman–Crippen LogP) is 3.62. The van der Waals surface area contributed by atoms with E-state index in [2.05, 4.69) is 20.8 Å². The number of amides is 1. The summed E-state index contributed by atoms with van der Waals surface area (Å²) in [5.74, 6) is -0.267. The highest BCUT2D eigenvalue weighted by Crippen LogP contribution is 2.22. The summed E-state index contributed by atoms with van der Waals surface area (Å²) in [6.45, 7) is 0. The lowest BCUT2D eigenvalue weighted by Crippen LogP contribution is -2.07. The van der Waals surface area contributed by atoms with Crippen molar-refractivity contribution in [1.82, 2.24) is 20.2 Å². The second-order valence-electron chi connectivity index (χ2n) is 4.79. The van der Waals surface area contributed by atoms with Crippen molar-refractivity contribution in [3.63, 3.8) is 0 Å². The van der Waals surface area contributed by atoms with E-state index in [4.69, 9.17) is 23.2 Å². The van der Waals surface area contributed by atoms with Crippen LogP contribution < -0.4 is 5.32 Å². The zero-order chi connectivity index (χ0) is 16.9. The van der Waals surface area contributed by atoms with E-state index in [1.54, 1.807) is 48.5 Å². The molecule has 1 heterocycles. The number of hydrogen-bond donors (Lipinski definition) is 1. The van der Waals surface area contributed by atoms with E-state index in [9.17, 15) is 4.79 Å². The molecule has 1 N–H and O–H groups in total. The van der Waals surface area contributed by atoms with Crippen molar-refractivity contribution in [1.29, 1.82) is 0 Å². The highest BCUT2D eigenvalue weighted by atomic mass is 35.5. The average Bonchev–Trinajstić information content (AvgIpc) is 3.09. The topological polar surface area (TPSA) is 72.7 Å². The number of aromatic nitrogens is 4. The molecule has 0 saturated heterocycles. The molecule has 120 valence electrons. The van der Waals surface area contributed by atoms with E-state index < -0.39 is 0 Å².